The van der Waals surface area contributed by atoms with Crippen molar-refractivity contribution < 1.29 is 9.53 Å². The Balaban J connectivity index is 0.00000261. The molecule has 3 rings (SSSR count). The number of halogens is 1. The second kappa shape index (κ2) is 10.8. The van der Waals surface area contributed by atoms with E-state index in [1.54, 1.807) is 0 Å². The Morgan fingerprint density at radius 2 is 1.63 bits per heavy atom. The molecule has 3 heterocycles. The molecule has 1 N–H and O–H groups in total. The van der Waals surface area contributed by atoms with Gasteiger partial charge in [-0.1, -0.05) is 19.8 Å². The lowest BCUT2D eigenvalue weighted by molar-refractivity contribution is -0.132. The minimum atomic E-state index is 0. The minimum Gasteiger partial charge on any atom is -0.380 e. The van der Waals surface area contributed by atoms with Crippen LogP contribution in [-0.4, -0.2) is 99.2 Å². The molecule has 0 unspecified atom stereocenters. The molecule has 3 aliphatic heterocycles. The maximum Gasteiger partial charge on any atom is 0.236 e. The van der Waals surface area contributed by atoms with E-state index < -0.39 is 0 Å². The topological polar surface area (TPSA) is 60.4 Å². The lowest BCUT2D eigenvalue weighted by atomic mass is 9.89. The van der Waals surface area contributed by atoms with Gasteiger partial charge in [0, 0.05) is 58.3 Å². The second-order valence-electron chi connectivity index (χ2n) is 8.26. The molecule has 1 amide bonds. The van der Waals surface area contributed by atoms with Gasteiger partial charge in [0.15, 0.2) is 5.96 Å². The third kappa shape index (κ3) is 6.45. The lowest BCUT2D eigenvalue weighted by Gasteiger charge is -2.41. The molecule has 0 aromatic carbocycles. The van der Waals surface area contributed by atoms with Crippen LogP contribution in [0.4, 0.5) is 0 Å². The van der Waals surface area contributed by atoms with E-state index in [9.17, 15) is 4.79 Å². The van der Waals surface area contributed by atoms with E-state index in [1.165, 1.54) is 12.8 Å². The molecule has 0 saturated carbocycles. The molecule has 27 heavy (non-hydrogen) atoms. The van der Waals surface area contributed by atoms with Crippen LogP contribution in [0.5, 0.6) is 0 Å². The first-order valence-corrected chi connectivity index (χ1v) is 10.1. The van der Waals surface area contributed by atoms with Crippen molar-refractivity contribution in [2.45, 2.75) is 32.6 Å². The number of aliphatic imine (C=N–C) groups is 1. The molecule has 0 aromatic heterocycles. The Morgan fingerprint density at radius 3 is 2.15 bits per heavy atom. The fraction of sp³-hybridized carbons (Fsp3) is 0.895. The predicted octanol–water partition coefficient (Wildman–Crippen LogP) is 1.24. The molecular formula is C19H36IN5O2. The molecule has 0 bridgehead atoms. The first-order chi connectivity index (χ1) is 12.6. The molecule has 8 heteroatoms. The summed E-state index contributed by atoms with van der Waals surface area (Å²) in [5.74, 6) is 1.28. The lowest BCUT2D eigenvalue weighted by Crippen LogP contribution is -2.56. The van der Waals surface area contributed by atoms with E-state index >= 15 is 0 Å². The van der Waals surface area contributed by atoms with Crippen LogP contribution >= 0.6 is 24.0 Å². The standard InChI is InChI=1S/C19H35N5O2.HI/c1-19(15-26-16-19)14-21-18(20-2)24-11-9-22(10-12-24)13-17(25)23-7-5-3-4-6-8-23;/h3-16H2,1-2H3,(H,20,21);1H. The van der Waals surface area contributed by atoms with Gasteiger partial charge in [0.25, 0.3) is 0 Å². The second-order valence-corrected chi connectivity index (χ2v) is 8.26. The summed E-state index contributed by atoms with van der Waals surface area (Å²) in [5, 5.41) is 3.50. The number of likely N-dealkylation sites (tertiary alicyclic amines) is 1. The van der Waals surface area contributed by atoms with Gasteiger partial charge in [0.1, 0.15) is 0 Å². The highest BCUT2D eigenvalue weighted by atomic mass is 127. The summed E-state index contributed by atoms with van der Waals surface area (Å²) in [6.07, 6.45) is 4.84. The van der Waals surface area contributed by atoms with E-state index in [0.717, 1.165) is 77.8 Å². The van der Waals surface area contributed by atoms with Gasteiger partial charge in [-0.05, 0) is 12.8 Å². The van der Waals surface area contributed by atoms with Crippen molar-refractivity contribution in [1.82, 2.24) is 20.0 Å². The number of amides is 1. The third-order valence-electron chi connectivity index (χ3n) is 5.78. The Morgan fingerprint density at radius 1 is 1.00 bits per heavy atom. The van der Waals surface area contributed by atoms with Crippen LogP contribution in [-0.2, 0) is 9.53 Å². The number of piperazine rings is 1. The van der Waals surface area contributed by atoms with Gasteiger partial charge in [-0.25, -0.2) is 0 Å². The number of hydrogen-bond donors (Lipinski definition) is 1. The summed E-state index contributed by atoms with van der Waals surface area (Å²) in [6.45, 7) is 10.9. The number of nitrogens with one attached hydrogen (secondary N) is 1. The van der Waals surface area contributed by atoms with Crippen molar-refractivity contribution >= 4 is 35.8 Å². The van der Waals surface area contributed by atoms with E-state index in [2.05, 4.69) is 31.9 Å². The Bertz CT molecular complexity index is 496. The molecular weight excluding hydrogens is 457 g/mol. The van der Waals surface area contributed by atoms with Crippen molar-refractivity contribution in [1.29, 1.82) is 0 Å². The fourth-order valence-corrected chi connectivity index (χ4v) is 3.91. The first kappa shape index (κ1) is 22.7. The number of hydrogen-bond acceptors (Lipinski definition) is 4. The van der Waals surface area contributed by atoms with E-state index in [-0.39, 0.29) is 29.4 Å². The average molecular weight is 493 g/mol. The molecule has 0 aromatic rings. The molecule has 7 nitrogen and oxygen atoms in total. The van der Waals surface area contributed by atoms with Crippen molar-refractivity contribution in [2.75, 3.05) is 72.6 Å². The van der Waals surface area contributed by atoms with Crippen LogP contribution in [0.3, 0.4) is 0 Å². The quantitative estimate of drug-likeness (QED) is 0.363. The first-order valence-electron chi connectivity index (χ1n) is 10.1. The van der Waals surface area contributed by atoms with Crippen LogP contribution < -0.4 is 5.32 Å². The molecule has 0 aliphatic carbocycles. The van der Waals surface area contributed by atoms with Crippen molar-refractivity contribution in [3.8, 4) is 0 Å². The summed E-state index contributed by atoms with van der Waals surface area (Å²) in [5.41, 5.74) is 0.233. The molecule has 3 aliphatic rings. The van der Waals surface area contributed by atoms with Crippen LogP contribution in [0.15, 0.2) is 4.99 Å². The molecule has 3 saturated heterocycles. The zero-order valence-electron chi connectivity index (χ0n) is 16.9. The van der Waals surface area contributed by atoms with Gasteiger partial charge in [-0.15, -0.1) is 24.0 Å². The van der Waals surface area contributed by atoms with Crippen molar-refractivity contribution in [3.63, 3.8) is 0 Å². The van der Waals surface area contributed by atoms with Crippen LogP contribution in [0.25, 0.3) is 0 Å². The Hall–Kier alpha value is -0.610. The number of carbonyl (C=O) groups is 1. The summed E-state index contributed by atoms with van der Waals surface area (Å²) < 4.78 is 5.32. The number of ether oxygens (including phenoxy) is 1. The largest absolute Gasteiger partial charge is 0.380 e. The van der Waals surface area contributed by atoms with E-state index in [4.69, 9.17) is 4.74 Å². The fourth-order valence-electron chi connectivity index (χ4n) is 3.91. The third-order valence-corrected chi connectivity index (χ3v) is 5.78. The number of nitrogens with zero attached hydrogens (tertiary/aromatic N) is 4. The minimum absolute atomic E-state index is 0. The van der Waals surface area contributed by atoms with Gasteiger partial charge in [0.2, 0.25) is 5.91 Å². The Kier molecular flexibility index (Phi) is 9.07. The SMILES string of the molecule is CN=C(NCC1(C)COC1)N1CCN(CC(=O)N2CCCCCC2)CC1.I. The summed E-state index contributed by atoms with van der Waals surface area (Å²) in [6, 6.07) is 0. The average Bonchev–Trinajstić information content (AvgIpc) is 2.91. The summed E-state index contributed by atoms with van der Waals surface area (Å²) >= 11 is 0. The molecule has 156 valence electrons. The maximum atomic E-state index is 12.6. The van der Waals surface area contributed by atoms with Crippen LogP contribution in [0, 0.1) is 5.41 Å². The Labute approximate surface area is 180 Å². The van der Waals surface area contributed by atoms with Crippen LogP contribution in [0.1, 0.15) is 32.6 Å². The van der Waals surface area contributed by atoms with E-state index in [1.807, 2.05) is 7.05 Å². The number of rotatable bonds is 4. The van der Waals surface area contributed by atoms with E-state index in [0.29, 0.717) is 12.5 Å². The molecule has 3 fully saturated rings. The molecule has 0 spiro atoms. The van der Waals surface area contributed by atoms with Crippen molar-refractivity contribution in [2.24, 2.45) is 10.4 Å². The highest BCUT2D eigenvalue weighted by molar-refractivity contribution is 14.0. The van der Waals surface area contributed by atoms with Gasteiger partial charge >= 0.3 is 0 Å². The maximum absolute atomic E-state index is 12.6. The van der Waals surface area contributed by atoms with Gasteiger partial charge < -0.3 is 19.9 Å². The van der Waals surface area contributed by atoms with Crippen molar-refractivity contribution in [3.05, 3.63) is 0 Å². The number of guanidine groups is 1. The molecule has 0 atom stereocenters. The monoisotopic (exact) mass is 493 g/mol. The van der Waals surface area contributed by atoms with Gasteiger partial charge in [0.05, 0.1) is 19.8 Å². The normalized spacial score (nSPS) is 23.9. The zero-order valence-corrected chi connectivity index (χ0v) is 19.2. The highest BCUT2D eigenvalue weighted by Crippen LogP contribution is 2.25. The zero-order chi connectivity index (χ0) is 18.4. The molecule has 0 radical (unpaired) electrons. The predicted molar refractivity (Wildman–Crippen MR) is 119 cm³/mol. The van der Waals surface area contributed by atoms with Crippen LogP contribution in [0.2, 0.25) is 0 Å². The summed E-state index contributed by atoms with van der Waals surface area (Å²) in [4.78, 5) is 23.7. The summed E-state index contributed by atoms with van der Waals surface area (Å²) in [7, 11) is 1.84. The smallest absolute Gasteiger partial charge is 0.236 e. The number of carbonyl (C=O) groups excluding carboxylic acids is 1. The van der Waals surface area contributed by atoms with Gasteiger partial charge in [-0.2, -0.15) is 0 Å². The van der Waals surface area contributed by atoms with Gasteiger partial charge in [-0.3, -0.25) is 14.7 Å². The highest BCUT2D eigenvalue weighted by Gasteiger charge is 2.34.